The maximum absolute atomic E-state index is 5.68. The topological polar surface area (TPSA) is 12.5 Å². The van der Waals surface area contributed by atoms with Crippen molar-refractivity contribution in [3.63, 3.8) is 0 Å². The maximum atomic E-state index is 5.68. The van der Waals surface area contributed by atoms with Crippen molar-refractivity contribution >= 4 is 0 Å². The Bertz CT molecular complexity index is 130. The largest absolute Gasteiger partial charge is 0.378 e. The first kappa shape index (κ1) is 11.0. The van der Waals surface area contributed by atoms with Crippen molar-refractivity contribution < 1.29 is 4.74 Å². The van der Waals surface area contributed by atoms with Gasteiger partial charge in [-0.3, -0.25) is 0 Å². The minimum absolute atomic E-state index is 0.537. The van der Waals surface area contributed by atoms with Crippen molar-refractivity contribution in [2.75, 3.05) is 20.2 Å². The van der Waals surface area contributed by atoms with Gasteiger partial charge in [-0.25, -0.2) is 0 Å². The fourth-order valence-electron chi connectivity index (χ4n) is 1.64. The Morgan fingerprint density at radius 2 is 2.15 bits per heavy atom. The average Bonchev–Trinajstić information content (AvgIpc) is 2.15. The molecule has 0 aliphatic carbocycles. The monoisotopic (exact) mass is 185 g/mol. The zero-order valence-electron chi connectivity index (χ0n) is 9.25. The van der Waals surface area contributed by atoms with E-state index in [1.54, 1.807) is 0 Å². The molecule has 1 saturated heterocycles. The molecule has 0 saturated carbocycles. The molecule has 0 N–H and O–H groups in total. The van der Waals surface area contributed by atoms with Gasteiger partial charge in [-0.15, -0.1) is 0 Å². The van der Waals surface area contributed by atoms with Gasteiger partial charge in [0.05, 0.1) is 6.10 Å². The normalized spacial score (nSPS) is 24.2. The first-order valence-corrected chi connectivity index (χ1v) is 5.52. The molecule has 1 aliphatic heterocycles. The van der Waals surface area contributed by atoms with E-state index in [0.29, 0.717) is 12.1 Å². The molecule has 1 fully saturated rings. The smallest absolute Gasteiger partial charge is 0.0587 e. The van der Waals surface area contributed by atoms with Crippen molar-refractivity contribution in [3.05, 3.63) is 0 Å². The zero-order valence-corrected chi connectivity index (χ0v) is 9.25. The number of ether oxygens (including phenoxy) is 1. The predicted molar refractivity (Wildman–Crippen MR) is 56.0 cm³/mol. The summed E-state index contributed by atoms with van der Waals surface area (Å²) in [6.07, 6.45) is 5.63. The highest BCUT2D eigenvalue weighted by atomic mass is 16.5. The van der Waals surface area contributed by atoms with Gasteiger partial charge < -0.3 is 9.64 Å². The second-order valence-electron chi connectivity index (χ2n) is 4.35. The van der Waals surface area contributed by atoms with Crippen LogP contribution in [0.15, 0.2) is 0 Å². The first-order valence-electron chi connectivity index (χ1n) is 5.52. The summed E-state index contributed by atoms with van der Waals surface area (Å²) in [5.74, 6) is 0. The molecule has 0 spiro atoms. The third-order valence-corrected chi connectivity index (χ3v) is 2.96. The molecular formula is C11H23NO. The summed E-state index contributed by atoms with van der Waals surface area (Å²) in [5.41, 5.74) is 0. The first-order chi connectivity index (χ1) is 6.20. The SMILES string of the molecule is CC(C)N(C)CCC1CCCCO1. The van der Waals surface area contributed by atoms with Crippen LogP contribution in [0.5, 0.6) is 0 Å². The molecule has 0 aromatic rings. The molecule has 0 amide bonds. The van der Waals surface area contributed by atoms with Gasteiger partial charge >= 0.3 is 0 Å². The molecule has 2 heteroatoms. The summed E-state index contributed by atoms with van der Waals surface area (Å²) >= 11 is 0. The number of hydrogen-bond acceptors (Lipinski definition) is 2. The summed E-state index contributed by atoms with van der Waals surface area (Å²) in [6.45, 7) is 6.63. The average molecular weight is 185 g/mol. The van der Waals surface area contributed by atoms with Crippen LogP contribution in [-0.4, -0.2) is 37.2 Å². The minimum Gasteiger partial charge on any atom is -0.378 e. The predicted octanol–water partition coefficient (Wildman–Crippen LogP) is 2.29. The molecule has 2 nitrogen and oxygen atoms in total. The van der Waals surface area contributed by atoms with Crippen LogP contribution in [0.25, 0.3) is 0 Å². The summed E-state index contributed by atoms with van der Waals surface area (Å²) in [5, 5.41) is 0. The molecule has 0 aromatic heterocycles. The highest BCUT2D eigenvalue weighted by Gasteiger charge is 2.14. The Morgan fingerprint density at radius 3 is 2.69 bits per heavy atom. The number of hydrogen-bond donors (Lipinski definition) is 0. The Hall–Kier alpha value is -0.0800. The van der Waals surface area contributed by atoms with Gasteiger partial charge in [0, 0.05) is 19.2 Å². The van der Waals surface area contributed by atoms with E-state index in [0.717, 1.165) is 6.61 Å². The van der Waals surface area contributed by atoms with Crippen LogP contribution < -0.4 is 0 Å². The summed E-state index contributed by atoms with van der Waals surface area (Å²) in [4.78, 5) is 2.39. The van der Waals surface area contributed by atoms with Crippen molar-refractivity contribution in [2.45, 2.75) is 51.7 Å². The quantitative estimate of drug-likeness (QED) is 0.666. The van der Waals surface area contributed by atoms with E-state index in [-0.39, 0.29) is 0 Å². The van der Waals surface area contributed by atoms with E-state index in [2.05, 4.69) is 25.8 Å². The third kappa shape index (κ3) is 4.10. The van der Waals surface area contributed by atoms with Crippen molar-refractivity contribution in [1.82, 2.24) is 4.90 Å². The molecule has 0 radical (unpaired) electrons. The van der Waals surface area contributed by atoms with E-state index < -0.39 is 0 Å². The van der Waals surface area contributed by atoms with Gasteiger partial charge in [0.2, 0.25) is 0 Å². The lowest BCUT2D eigenvalue weighted by Crippen LogP contribution is -2.31. The molecule has 1 unspecified atom stereocenters. The molecule has 0 aromatic carbocycles. The molecule has 1 rings (SSSR count). The van der Waals surface area contributed by atoms with Crippen LogP contribution >= 0.6 is 0 Å². The van der Waals surface area contributed by atoms with Crippen LogP contribution in [0.4, 0.5) is 0 Å². The van der Waals surface area contributed by atoms with Gasteiger partial charge in [0.1, 0.15) is 0 Å². The van der Waals surface area contributed by atoms with E-state index in [1.165, 1.54) is 32.2 Å². The molecule has 1 heterocycles. The van der Waals surface area contributed by atoms with E-state index in [1.807, 2.05) is 0 Å². The van der Waals surface area contributed by atoms with Gasteiger partial charge in [0.15, 0.2) is 0 Å². The minimum atomic E-state index is 0.537. The van der Waals surface area contributed by atoms with E-state index in [9.17, 15) is 0 Å². The Labute approximate surface area is 82.3 Å². The van der Waals surface area contributed by atoms with Crippen molar-refractivity contribution in [1.29, 1.82) is 0 Å². The molecule has 13 heavy (non-hydrogen) atoms. The summed E-state index contributed by atoms with van der Waals surface area (Å²) in [6, 6.07) is 0.656. The highest BCUT2D eigenvalue weighted by molar-refractivity contribution is 4.66. The molecule has 1 aliphatic rings. The van der Waals surface area contributed by atoms with Gasteiger partial charge in [0.25, 0.3) is 0 Å². The fourth-order valence-corrected chi connectivity index (χ4v) is 1.64. The van der Waals surface area contributed by atoms with Crippen LogP contribution in [0.1, 0.15) is 39.5 Å². The Balaban J connectivity index is 2.10. The van der Waals surface area contributed by atoms with E-state index in [4.69, 9.17) is 4.74 Å². The lowest BCUT2D eigenvalue weighted by molar-refractivity contribution is 0.00547. The lowest BCUT2D eigenvalue weighted by atomic mass is 10.1. The molecule has 1 atom stereocenters. The second-order valence-corrected chi connectivity index (χ2v) is 4.35. The van der Waals surface area contributed by atoms with Crippen LogP contribution in [0.3, 0.4) is 0 Å². The van der Waals surface area contributed by atoms with Gasteiger partial charge in [-0.1, -0.05) is 0 Å². The van der Waals surface area contributed by atoms with Crippen LogP contribution in [0, 0.1) is 0 Å². The van der Waals surface area contributed by atoms with Crippen LogP contribution in [-0.2, 0) is 4.74 Å². The standard InChI is InChI=1S/C11H23NO/c1-10(2)12(3)8-7-11-6-4-5-9-13-11/h10-11H,4-9H2,1-3H3. The lowest BCUT2D eigenvalue weighted by Gasteiger charge is -2.26. The van der Waals surface area contributed by atoms with Gasteiger partial charge in [-0.2, -0.15) is 0 Å². The summed E-state index contributed by atoms with van der Waals surface area (Å²) < 4.78 is 5.68. The van der Waals surface area contributed by atoms with Crippen molar-refractivity contribution in [3.8, 4) is 0 Å². The Kier molecular flexibility index (Phi) is 4.74. The molecule has 0 bridgehead atoms. The third-order valence-electron chi connectivity index (χ3n) is 2.96. The maximum Gasteiger partial charge on any atom is 0.0587 e. The van der Waals surface area contributed by atoms with E-state index >= 15 is 0 Å². The zero-order chi connectivity index (χ0) is 9.68. The fraction of sp³-hybridized carbons (Fsp3) is 1.00. The number of nitrogens with zero attached hydrogens (tertiary/aromatic N) is 1. The number of rotatable bonds is 4. The van der Waals surface area contributed by atoms with Gasteiger partial charge in [-0.05, 0) is 46.6 Å². The Morgan fingerprint density at radius 1 is 1.38 bits per heavy atom. The molecular weight excluding hydrogens is 162 g/mol. The second kappa shape index (κ2) is 5.61. The summed E-state index contributed by atoms with van der Waals surface area (Å²) in [7, 11) is 2.19. The highest BCUT2D eigenvalue weighted by Crippen LogP contribution is 2.15. The van der Waals surface area contributed by atoms with Crippen LogP contribution in [0.2, 0.25) is 0 Å². The molecule has 78 valence electrons. The van der Waals surface area contributed by atoms with Crippen molar-refractivity contribution in [2.24, 2.45) is 0 Å².